The summed E-state index contributed by atoms with van der Waals surface area (Å²) in [5, 5.41) is 4.10. The van der Waals surface area contributed by atoms with E-state index in [2.05, 4.69) is 5.10 Å². The van der Waals surface area contributed by atoms with Crippen molar-refractivity contribution < 1.29 is 4.79 Å². The lowest BCUT2D eigenvalue weighted by Gasteiger charge is -2.01. The van der Waals surface area contributed by atoms with Gasteiger partial charge in [-0.15, -0.1) is 0 Å². The number of aromatic nitrogens is 2. The summed E-state index contributed by atoms with van der Waals surface area (Å²) in [6.07, 6.45) is 6.31. The molecule has 0 fully saturated rings. The first-order chi connectivity index (χ1) is 6.74. The van der Waals surface area contributed by atoms with Crippen LogP contribution in [0.25, 0.3) is 0 Å². The Hall–Kier alpha value is -1.12. The first-order valence-electron chi connectivity index (χ1n) is 5.22. The van der Waals surface area contributed by atoms with Crippen molar-refractivity contribution in [2.45, 2.75) is 39.0 Å². The topological polar surface area (TPSA) is 34.9 Å². The predicted molar refractivity (Wildman–Crippen MR) is 56.1 cm³/mol. The zero-order chi connectivity index (χ0) is 10.4. The van der Waals surface area contributed by atoms with Gasteiger partial charge in [0.2, 0.25) is 0 Å². The molecule has 0 aliphatic heterocycles. The van der Waals surface area contributed by atoms with Gasteiger partial charge >= 0.3 is 0 Å². The fourth-order valence-electron chi connectivity index (χ4n) is 1.45. The summed E-state index contributed by atoms with van der Waals surface area (Å²) in [6.45, 7) is 1.92. The van der Waals surface area contributed by atoms with E-state index in [-0.39, 0.29) is 0 Å². The van der Waals surface area contributed by atoms with Crippen molar-refractivity contribution in [1.82, 2.24) is 9.78 Å². The molecule has 0 N–H and O–H groups in total. The average Bonchev–Trinajstić information content (AvgIpc) is 2.58. The summed E-state index contributed by atoms with van der Waals surface area (Å²) < 4.78 is 1.89. The Morgan fingerprint density at radius 3 is 2.86 bits per heavy atom. The normalized spacial score (nSPS) is 10.4. The third kappa shape index (κ3) is 3.32. The minimum absolute atomic E-state index is 0.370. The van der Waals surface area contributed by atoms with Crippen LogP contribution in [0.2, 0.25) is 0 Å². The van der Waals surface area contributed by atoms with Gasteiger partial charge in [-0.2, -0.15) is 5.10 Å². The van der Waals surface area contributed by atoms with E-state index in [4.69, 9.17) is 0 Å². The standard InChI is InChI=1S/C11H18N2O/c1-3-11(14)7-5-4-6-10-8-9-12-13(10)2/h8-9H,3-7H2,1-2H3. The highest BCUT2D eigenvalue weighted by Gasteiger charge is 2.00. The van der Waals surface area contributed by atoms with E-state index in [9.17, 15) is 4.79 Å². The molecular formula is C11H18N2O. The van der Waals surface area contributed by atoms with Gasteiger partial charge in [0.05, 0.1) is 0 Å². The van der Waals surface area contributed by atoms with Crippen LogP contribution in [0.15, 0.2) is 12.3 Å². The molecule has 1 heterocycles. The molecule has 0 unspecified atom stereocenters. The van der Waals surface area contributed by atoms with Crippen LogP contribution < -0.4 is 0 Å². The maximum atomic E-state index is 11.0. The van der Waals surface area contributed by atoms with Crippen LogP contribution in [-0.4, -0.2) is 15.6 Å². The lowest BCUT2D eigenvalue weighted by molar-refractivity contribution is -0.118. The third-order valence-corrected chi connectivity index (χ3v) is 2.46. The first kappa shape index (κ1) is 11.0. The third-order valence-electron chi connectivity index (χ3n) is 2.46. The Bertz CT molecular complexity index is 291. The van der Waals surface area contributed by atoms with Gasteiger partial charge in [-0.05, 0) is 25.3 Å². The summed E-state index contributed by atoms with van der Waals surface area (Å²) in [7, 11) is 1.95. The number of ketones is 1. The molecular weight excluding hydrogens is 176 g/mol. The second kappa shape index (κ2) is 5.58. The summed E-state index contributed by atoms with van der Waals surface area (Å²) in [4.78, 5) is 11.0. The van der Waals surface area contributed by atoms with Crippen molar-refractivity contribution in [2.75, 3.05) is 0 Å². The Labute approximate surface area is 85.1 Å². The van der Waals surface area contributed by atoms with E-state index in [1.807, 2.05) is 30.9 Å². The summed E-state index contributed by atoms with van der Waals surface area (Å²) in [5.74, 6) is 0.370. The van der Waals surface area contributed by atoms with E-state index in [1.54, 1.807) is 0 Å². The molecule has 0 aromatic carbocycles. The van der Waals surface area contributed by atoms with Gasteiger partial charge in [0.15, 0.2) is 0 Å². The highest BCUT2D eigenvalue weighted by Crippen LogP contribution is 2.06. The van der Waals surface area contributed by atoms with Gasteiger partial charge in [-0.25, -0.2) is 0 Å². The van der Waals surface area contributed by atoms with E-state index in [0.29, 0.717) is 12.2 Å². The summed E-state index contributed by atoms with van der Waals surface area (Å²) in [6, 6.07) is 2.03. The number of carbonyl (C=O) groups excluding carboxylic acids is 1. The SMILES string of the molecule is CCC(=O)CCCCc1ccnn1C. The number of Topliss-reactive ketones (excluding diaryl/α,β-unsaturated/α-hetero) is 1. The Morgan fingerprint density at radius 1 is 1.50 bits per heavy atom. The molecule has 3 nitrogen and oxygen atoms in total. The van der Waals surface area contributed by atoms with Crippen molar-refractivity contribution >= 4 is 5.78 Å². The average molecular weight is 194 g/mol. The van der Waals surface area contributed by atoms with Crippen LogP contribution >= 0.6 is 0 Å². The Balaban J connectivity index is 2.16. The Morgan fingerprint density at radius 2 is 2.29 bits per heavy atom. The number of aryl methyl sites for hydroxylation is 2. The number of carbonyl (C=O) groups is 1. The minimum Gasteiger partial charge on any atom is -0.300 e. The molecule has 0 spiro atoms. The van der Waals surface area contributed by atoms with Crippen LogP contribution in [0, 0.1) is 0 Å². The molecule has 0 saturated heterocycles. The van der Waals surface area contributed by atoms with Crippen molar-refractivity contribution in [3.8, 4) is 0 Å². The smallest absolute Gasteiger partial charge is 0.132 e. The van der Waals surface area contributed by atoms with Crippen molar-refractivity contribution in [3.63, 3.8) is 0 Å². The molecule has 1 rings (SSSR count). The van der Waals surface area contributed by atoms with Crippen LogP contribution in [0.5, 0.6) is 0 Å². The van der Waals surface area contributed by atoms with Gasteiger partial charge in [0.25, 0.3) is 0 Å². The van der Waals surface area contributed by atoms with Gasteiger partial charge in [-0.1, -0.05) is 6.92 Å². The first-order valence-corrected chi connectivity index (χ1v) is 5.22. The van der Waals surface area contributed by atoms with Gasteiger partial charge < -0.3 is 0 Å². The molecule has 0 amide bonds. The van der Waals surface area contributed by atoms with Gasteiger partial charge in [-0.3, -0.25) is 9.48 Å². The second-order valence-electron chi connectivity index (χ2n) is 3.55. The number of nitrogens with zero attached hydrogens (tertiary/aromatic N) is 2. The number of unbranched alkanes of at least 4 members (excludes halogenated alkanes) is 1. The highest BCUT2D eigenvalue weighted by atomic mass is 16.1. The molecule has 1 aromatic rings. The van der Waals surface area contributed by atoms with Crippen molar-refractivity contribution in [3.05, 3.63) is 18.0 Å². The summed E-state index contributed by atoms with van der Waals surface area (Å²) in [5.41, 5.74) is 1.24. The molecule has 0 bridgehead atoms. The molecule has 14 heavy (non-hydrogen) atoms. The van der Waals surface area contributed by atoms with Gasteiger partial charge in [0, 0.05) is 31.8 Å². The van der Waals surface area contributed by atoms with E-state index >= 15 is 0 Å². The van der Waals surface area contributed by atoms with Crippen LogP contribution in [-0.2, 0) is 18.3 Å². The molecule has 0 saturated carbocycles. The van der Waals surface area contributed by atoms with Crippen LogP contribution in [0.3, 0.4) is 0 Å². The van der Waals surface area contributed by atoms with E-state index in [1.165, 1.54) is 5.69 Å². The van der Waals surface area contributed by atoms with Crippen molar-refractivity contribution in [2.24, 2.45) is 7.05 Å². The monoisotopic (exact) mass is 194 g/mol. The molecule has 0 atom stereocenters. The molecule has 0 aliphatic rings. The van der Waals surface area contributed by atoms with E-state index < -0.39 is 0 Å². The maximum absolute atomic E-state index is 11.0. The van der Waals surface area contributed by atoms with Gasteiger partial charge in [0.1, 0.15) is 5.78 Å². The number of rotatable bonds is 6. The molecule has 1 aromatic heterocycles. The van der Waals surface area contributed by atoms with E-state index in [0.717, 1.165) is 25.7 Å². The largest absolute Gasteiger partial charge is 0.300 e. The van der Waals surface area contributed by atoms with Crippen LogP contribution in [0.4, 0.5) is 0 Å². The maximum Gasteiger partial charge on any atom is 0.132 e. The lowest BCUT2D eigenvalue weighted by Crippen LogP contribution is -1.99. The zero-order valence-electron chi connectivity index (χ0n) is 8.99. The quantitative estimate of drug-likeness (QED) is 0.650. The molecule has 0 aliphatic carbocycles. The fraction of sp³-hybridized carbons (Fsp3) is 0.636. The minimum atomic E-state index is 0.370. The van der Waals surface area contributed by atoms with Crippen molar-refractivity contribution in [1.29, 1.82) is 0 Å². The predicted octanol–water partition coefficient (Wildman–Crippen LogP) is 2.11. The number of hydrogen-bond donors (Lipinski definition) is 0. The fourth-order valence-corrected chi connectivity index (χ4v) is 1.45. The lowest BCUT2D eigenvalue weighted by atomic mass is 10.1. The molecule has 0 radical (unpaired) electrons. The zero-order valence-corrected chi connectivity index (χ0v) is 8.99. The molecule has 3 heteroatoms. The second-order valence-corrected chi connectivity index (χ2v) is 3.55. The highest BCUT2D eigenvalue weighted by molar-refractivity contribution is 5.77. The summed E-state index contributed by atoms with van der Waals surface area (Å²) >= 11 is 0. The number of hydrogen-bond acceptors (Lipinski definition) is 2. The Kier molecular flexibility index (Phi) is 4.36. The molecule has 78 valence electrons. The van der Waals surface area contributed by atoms with Crippen LogP contribution in [0.1, 0.15) is 38.3 Å².